The first-order valence-electron chi connectivity index (χ1n) is 10.5. The number of hydrazone groups is 1. The molecule has 8 heteroatoms. The lowest BCUT2D eigenvalue weighted by atomic mass is 9.86. The Bertz CT molecular complexity index is 1010. The number of carbonyl (C=O) groups excluding carboxylic acids is 1. The molecule has 0 atom stereocenters. The van der Waals surface area contributed by atoms with Crippen LogP contribution in [0, 0.1) is 5.92 Å². The molecule has 0 aromatic heterocycles. The summed E-state index contributed by atoms with van der Waals surface area (Å²) in [5.74, 6) is 0.571. The number of hydrogen-bond acceptors (Lipinski definition) is 5. The van der Waals surface area contributed by atoms with E-state index in [2.05, 4.69) is 17.5 Å². The van der Waals surface area contributed by atoms with Crippen LogP contribution in [-0.2, 0) is 14.8 Å². The molecule has 0 radical (unpaired) electrons. The van der Waals surface area contributed by atoms with Crippen LogP contribution in [0.25, 0.3) is 0 Å². The Labute approximate surface area is 184 Å². The zero-order valence-corrected chi connectivity index (χ0v) is 18.8. The maximum atomic E-state index is 13.4. The molecule has 1 amide bonds. The van der Waals surface area contributed by atoms with Crippen LogP contribution in [0.2, 0.25) is 0 Å². The fraction of sp³-hybridized carbons (Fsp3) is 0.391. The minimum Gasteiger partial charge on any atom is -0.495 e. The Hall–Kier alpha value is -2.87. The molecule has 31 heavy (non-hydrogen) atoms. The van der Waals surface area contributed by atoms with Gasteiger partial charge in [-0.15, -0.1) is 0 Å². The first-order valence-corrected chi connectivity index (χ1v) is 11.9. The van der Waals surface area contributed by atoms with Gasteiger partial charge in [-0.2, -0.15) is 5.10 Å². The number of amides is 1. The third-order valence-electron chi connectivity index (χ3n) is 5.57. The van der Waals surface area contributed by atoms with Gasteiger partial charge in [0.05, 0.1) is 17.7 Å². The minimum absolute atomic E-state index is 0.0953. The average Bonchev–Trinajstić information content (AvgIpc) is 2.82. The van der Waals surface area contributed by atoms with Crippen molar-refractivity contribution < 1.29 is 17.9 Å². The van der Waals surface area contributed by atoms with Gasteiger partial charge >= 0.3 is 0 Å². The van der Waals surface area contributed by atoms with Crippen LogP contribution in [0.3, 0.4) is 0 Å². The van der Waals surface area contributed by atoms with Crippen molar-refractivity contribution in [1.82, 2.24) is 5.43 Å². The smallest absolute Gasteiger partial charge is 0.264 e. The van der Waals surface area contributed by atoms with Crippen molar-refractivity contribution >= 4 is 27.3 Å². The van der Waals surface area contributed by atoms with Crippen LogP contribution < -0.4 is 14.5 Å². The van der Waals surface area contributed by atoms with E-state index in [1.54, 1.807) is 42.5 Å². The van der Waals surface area contributed by atoms with Crippen LogP contribution in [0.4, 0.5) is 5.69 Å². The number of methoxy groups -OCH3 is 1. The lowest BCUT2D eigenvalue weighted by Crippen LogP contribution is -2.40. The third kappa shape index (κ3) is 5.64. The molecule has 7 nitrogen and oxygen atoms in total. The Balaban J connectivity index is 1.83. The van der Waals surface area contributed by atoms with E-state index in [1.807, 2.05) is 0 Å². The predicted octanol–water partition coefficient (Wildman–Crippen LogP) is 3.96. The second-order valence-electron chi connectivity index (χ2n) is 7.56. The highest BCUT2D eigenvalue weighted by Crippen LogP contribution is 2.32. The maximum absolute atomic E-state index is 13.4. The molecule has 0 saturated heterocycles. The first-order chi connectivity index (χ1) is 15.0. The Morgan fingerprint density at radius 2 is 1.74 bits per heavy atom. The molecule has 0 bridgehead atoms. The van der Waals surface area contributed by atoms with Gasteiger partial charge in [0.25, 0.3) is 15.9 Å². The number of carbonyl (C=O) groups is 1. The maximum Gasteiger partial charge on any atom is 0.264 e. The lowest BCUT2D eigenvalue weighted by molar-refractivity contribution is -0.119. The zero-order valence-electron chi connectivity index (χ0n) is 18.0. The molecule has 166 valence electrons. The summed E-state index contributed by atoms with van der Waals surface area (Å²) in [6.45, 7) is 1.78. The molecular formula is C23H29N3O4S. The predicted molar refractivity (Wildman–Crippen MR) is 122 cm³/mol. The number of benzene rings is 2. The van der Waals surface area contributed by atoms with Gasteiger partial charge in [-0.3, -0.25) is 9.10 Å². The first kappa shape index (κ1) is 22.8. The third-order valence-corrected chi connectivity index (χ3v) is 7.34. The van der Waals surface area contributed by atoms with E-state index in [0.717, 1.165) is 42.1 Å². The normalized spacial score (nSPS) is 16.5. The molecule has 1 fully saturated rings. The Morgan fingerprint density at radius 1 is 1.10 bits per heavy atom. The van der Waals surface area contributed by atoms with Gasteiger partial charge in [-0.1, -0.05) is 43.7 Å². The molecule has 0 aliphatic heterocycles. The number of nitrogens with one attached hydrogen (secondary N) is 1. The van der Waals surface area contributed by atoms with Gasteiger partial charge in [0.1, 0.15) is 12.3 Å². The van der Waals surface area contributed by atoms with Crippen LogP contribution >= 0.6 is 0 Å². The highest BCUT2D eigenvalue weighted by atomic mass is 32.2. The van der Waals surface area contributed by atoms with Crippen molar-refractivity contribution in [2.75, 3.05) is 18.0 Å². The van der Waals surface area contributed by atoms with E-state index < -0.39 is 22.5 Å². The summed E-state index contributed by atoms with van der Waals surface area (Å²) in [5, 5.41) is 4.26. The van der Waals surface area contributed by atoms with E-state index >= 15 is 0 Å². The molecule has 1 aliphatic carbocycles. The molecule has 2 aromatic rings. The average molecular weight is 444 g/mol. The second-order valence-corrected chi connectivity index (χ2v) is 9.42. The van der Waals surface area contributed by atoms with Crippen LogP contribution in [0.15, 0.2) is 64.6 Å². The Morgan fingerprint density at radius 3 is 2.39 bits per heavy atom. The van der Waals surface area contributed by atoms with E-state index in [4.69, 9.17) is 4.74 Å². The fourth-order valence-corrected chi connectivity index (χ4v) is 5.15. The molecule has 2 aromatic carbocycles. The van der Waals surface area contributed by atoms with Crippen LogP contribution in [0.5, 0.6) is 5.75 Å². The summed E-state index contributed by atoms with van der Waals surface area (Å²) in [6.07, 6.45) is 5.02. The van der Waals surface area contributed by atoms with Crippen molar-refractivity contribution in [1.29, 1.82) is 0 Å². The van der Waals surface area contributed by atoms with Crippen molar-refractivity contribution in [3.05, 3.63) is 54.6 Å². The van der Waals surface area contributed by atoms with Crippen molar-refractivity contribution in [2.45, 2.75) is 43.9 Å². The molecule has 0 spiro atoms. The summed E-state index contributed by atoms with van der Waals surface area (Å²) in [5.41, 5.74) is 3.79. The van der Waals surface area contributed by atoms with Crippen molar-refractivity contribution in [3.63, 3.8) is 0 Å². The summed E-state index contributed by atoms with van der Waals surface area (Å²) < 4.78 is 33.1. The number of sulfonamides is 1. The van der Waals surface area contributed by atoms with E-state index in [0.29, 0.717) is 17.4 Å². The number of nitrogens with zero attached hydrogens (tertiary/aromatic N) is 2. The highest BCUT2D eigenvalue weighted by molar-refractivity contribution is 7.92. The quantitative estimate of drug-likeness (QED) is 0.626. The highest BCUT2D eigenvalue weighted by Gasteiger charge is 2.29. The number of anilines is 1. The van der Waals surface area contributed by atoms with E-state index in [-0.39, 0.29) is 4.90 Å². The zero-order chi connectivity index (χ0) is 22.3. The summed E-state index contributed by atoms with van der Waals surface area (Å²) in [7, 11) is -2.53. The molecule has 1 N–H and O–H groups in total. The molecule has 3 rings (SSSR count). The lowest BCUT2D eigenvalue weighted by Gasteiger charge is -2.25. The SMILES string of the molecule is CCC1CCC(=NNC(=O)CN(c2ccccc2OC)S(=O)(=O)c2ccccc2)CC1. The summed E-state index contributed by atoms with van der Waals surface area (Å²) in [4.78, 5) is 12.8. The molecule has 1 aliphatic rings. The molecule has 0 heterocycles. The number of ether oxygens (including phenoxy) is 1. The fourth-order valence-electron chi connectivity index (χ4n) is 3.69. The Kier molecular flexibility index (Phi) is 7.68. The van der Waals surface area contributed by atoms with Gasteiger partial charge in [-0.25, -0.2) is 13.8 Å². The van der Waals surface area contributed by atoms with Crippen LogP contribution in [-0.4, -0.2) is 33.7 Å². The van der Waals surface area contributed by atoms with Crippen LogP contribution in [0.1, 0.15) is 39.0 Å². The van der Waals surface area contributed by atoms with E-state index in [9.17, 15) is 13.2 Å². The molecule has 0 unspecified atom stereocenters. The van der Waals surface area contributed by atoms with Gasteiger partial charge in [-0.05, 0) is 55.9 Å². The monoisotopic (exact) mass is 443 g/mol. The van der Waals surface area contributed by atoms with Crippen molar-refractivity contribution in [3.8, 4) is 5.75 Å². The largest absolute Gasteiger partial charge is 0.495 e. The molecular weight excluding hydrogens is 414 g/mol. The molecule has 1 saturated carbocycles. The van der Waals surface area contributed by atoms with Crippen molar-refractivity contribution in [2.24, 2.45) is 11.0 Å². The number of hydrogen-bond donors (Lipinski definition) is 1. The standard InChI is InChI=1S/C23H29N3O4S/c1-3-18-13-15-19(16-14-18)24-25-23(27)17-26(21-11-7-8-12-22(21)30-2)31(28,29)20-9-5-4-6-10-20/h4-12,18H,3,13-17H2,1-2H3,(H,25,27). The second kappa shape index (κ2) is 10.4. The summed E-state index contributed by atoms with van der Waals surface area (Å²) >= 11 is 0. The van der Waals surface area contributed by atoms with Gasteiger partial charge in [0.15, 0.2) is 0 Å². The minimum atomic E-state index is -3.99. The van der Waals surface area contributed by atoms with E-state index in [1.165, 1.54) is 19.2 Å². The number of para-hydroxylation sites is 2. The van der Waals surface area contributed by atoms with Gasteiger partial charge in [0, 0.05) is 5.71 Å². The summed E-state index contributed by atoms with van der Waals surface area (Å²) in [6, 6.07) is 14.8. The number of rotatable bonds is 8. The van der Waals surface area contributed by atoms with Gasteiger partial charge < -0.3 is 4.74 Å². The topological polar surface area (TPSA) is 88.1 Å². The van der Waals surface area contributed by atoms with Gasteiger partial charge in [0.2, 0.25) is 0 Å².